The molecule has 0 radical (unpaired) electrons. The van der Waals surface area contributed by atoms with Crippen LogP contribution in [0.1, 0.15) is 18.9 Å². The summed E-state index contributed by atoms with van der Waals surface area (Å²) in [5.41, 5.74) is 1.85. The first-order valence-electron chi connectivity index (χ1n) is 4.62. The van der Waals surface area contributed by atoms with Crippen LogP contribution in [0.5, 0.6) is 0 Å². The molecule has 0 heterocycles. The van der Waals surface area contributed by atoms with Crippen molar-refractivity contribution in [2.75, 3.05) is 6.61 Å². The quantitative estimate of drug-likeness (QED) is 0.338. The van der Waals surface area contributed by atoms with Crippen LogP contribution in [0.3, 0.4) is 0 Å². The predicted octanol–water partition coefficient (Wildman–Crippen LogP) is 2.44. The first-order valence-corrected chi connectivity index (χ1v) is 4.62. The van der Waals surface area contributed by atoms with Crippen molar-refractivity contribution >= 4 is 5.71 Å². The van der Waals surface area contributed by atoms with Crippen LogP contribution < -0.4 is 0 Å². The molecule has 14 heavy (non-hydrogen) atoms. The molecule has 3 heteroatoms. The summed E-state index contributed by atoms with van der Waals surface area (Å²) in [7, 11) is 0. The molecule has 0 aliphatic heterocycles. The molecule has 0 fully saturated rings. The molecule has 0 aliphatic carbocycles. The van der Waals surface area contributed by atoms with E-state index in [1.54, 1.807) is 6.92 Å². The monoisotopic (exact) mass is 193 g/mol. The van der Waals surface area contributed by atoms with Crippen LogP contribution in [-0.4, -0.2) is 17.5 Å². The van der Waals surface area contributed by atoms with E-state index in [0.29, 0.717) is 25.3 Å². The highest BCUT2D eigenvalue weighted by molar-refractivity contribution is 5.81. The first kappa shape index (κ1) is 10.7. The van der Waals surface area contributed by atoms with E-state index in [1.807, 2.05) is 30.3 Å². The molecular weight excluding hydrogens is 178 g/mol. The molecule has 1 aromatic carbocycles. The first-order chi connectivity index (χ1) is 6.83. The summed E-state index contributed by atoms with van der Waals surface area (Å²) >= 11 is 0. The van der Waals surface area contributed by atoms with E-state index < -0.39 is 0 Å². The minimum absolute atomic E-state index is 0.588. The fourth-order valence-corrected chi connectivity index (χ4v) is 1.03. The van der Waals surface area contributed by atoms with Gasteiger partial charge >= 0.3 is 0 Å². The third-order valence-electron chi connectivity index (χ3n) is 1.89. The Hall–Kier alpha value is -1.35. The maximum atomic E-state index is 8.38. The van der Waals surface area contributed by atoms with Crippen LogP contribution in [0, 0.1) is 0 Å². The van der Waals surface area contributed by atoms with E-state index in [2.05, 4.69) is 5.16 Å². The zero-order valence-corrected chi connectivity index (χ0v) is 8.31. The molecule has 1 N–H and O–H groups in total. The van der Waals surface area contributed by atoms with Crippen molar-refractivity contribution in [3.8, 4) is 0 Å². The van der Waals surface area contributed by atoms with Crippen LogP contribution in [-0.2, 0) is 11.3 Å². The predicted molar refractivity (Wildman–Crippen MR) is 55.6 cm³/mol. The zero-order valence-electron chi connectivity index (χ0n) is 8.31. The lowest BCUT2D eigenvalue weighted by Gasteiger charge is -2.03. The second-order valence-electron chi connectivity index (χ2n) is 3.12. The van der Waals surface area contributed by atoms with E-state index >= 15 is 0 Å². The van der Waals surface area contributed by atoms with Gasteiger partial charge in [-0.2, -0.15) is 0 Å². The van der Waals surface area contributed by atoms with Gasteiger partial charge in [-0.25, -0.2) is 0 Å². The molecule has 76 valence electrons. The molecule has 1 rings (SSSR count). The molecule has 3 nitrogen and oxygen atoms in total. The van der Waals surface area contributed by atoms with Crippen LogP contribution >= 0.6 is 0 Å². The third kappa shape index (κ3) is 4.05. The number of hydrogen-bond acceptors (Lipinski definition) is 3. The van der Waals surface area contributed by atoms with Gasteiger partial charge < -0.3 is 9.94 Å². The summed E-state index contributed by atoms with van der Waals surface area (Å²) in [4.78, 5) is 0. The molecule has 0 saturated heterocycles. The topological polar surface area (TPSA) is 41.8 Å². The van der Waals surface area contributed by atoms with Crippen LogP contribution in [0.4, 0.5) is 0 Å². The minimum Gasteiger partial charge on any atom is -0.411 e. The number of nitrogens with zero attached hydrogens (tertiary/aromatic N) is 1. The Morgan fingerprint density at radius 2 is 2.07 bits per heavy atom. The van der Waals surface area contributed by atoms with Gasteiger partial charge in [0.15, 0.2) is 0 Å². The lowest BCUT2D eigenvalue weighted by molar-refractivity contribution is 0.127. The van der Waals surface area contributed by atoms with Gasteiger partial charge in [-0.1, -0.05) is 35.5 Å². The van der Waals surface area contributed by atoms with Crippen molar-refractivity contribution < 1.29 is 9.94 Å². The summed E-state index contributed by atoms with van der Waals surface area (Å²) < 4.78 is 5.40. The highest BCUT2D eigenvalue weighted by Crippen LogP contribution is 2.00. The molecule has 1 aromatic rings. The smallest absolute Gasteiger partial charge is 0.0717 e. The van der Waals surface area contributed by atoms with E-state index in [0.717, 1.165) is 5.56 Å². The van der Waals surface area contributed by atoms with Crippen LogP contribution in [0.2, 0.25) is 0 Å². The number of benzene rings is 1. The van der Waals surface area contributed by atoms with E-state index in [4.69, 9.17) is 9.94 Å². The molecule has 0 aliphatic rings. The zero-order chi connectivity index (χ0) is 10.2. The van der Waals surface area contributed by atoms with Gasteiger partial charge in [-0.3, -0.25) is 0 Å². The van der Waals surface area contributed by atoms with Crippen molar-refractivity contribution in [1.82, 2.24) is 0 Å². The number of ether oxygens (including phenoxy) is 1. The lowest BCUT2D eigenvalue weighted by Crippen LogP contribution is -2.00. The number of rotatable bonds is 5. The SMILES string of the molecule is C/C(CCOCc1ccccc1)=N/O. The Kier molecular flexibility index (Phi) is 4.72. The molecule has 0 spiro atoms. The van der Waals surface area contributed by atoms with Crippen molar-refractivity contribution in [1.29, 1.82) is 0 Å². The molecule has 0 unspecified atom stereocenters. The minimum atomic E-state index is 0.588. The average molecular weight is 193 g/mol. The van der Waals surface area contributed by atoms with Crippen molar-refractivity contribution in [2.24, 2.45) is 5.16 Å². The summed E-state index contributed by atoms with van der Waals surface area (Å²) in [6, 6.07) is 9.99. The average Bonchev–Trinajstić information content (AvgIpc) is 2.25. The van der Waals surface area contributed by atoms with Gasteiger partial charge in [0.25, 0.3) is 0 Å². The number of oxime groups is 1. The standard InChI is InChI=1S/C11H15NO2/c1-10(12-13)7-8-14-9-11-5-3-2-4-6-11/h2-6,13H,7-9H2,1H3/b12-10-. The third-order valence-corrected chi connectivity index (χ3v) is 1.89. The summed E-state index contributed by atoms with van der Waals surface area (Å²) in [6.07, 6.45) is 0.670. The van der Waals surface area contributed by atoms with Crippen LogP contribution in [0.15, 0.2) is 35.5 Å². The molecule has 0 amide bonds. The van der Waals surface area contributed by atoms with E-state index in [9.17, 15) is 0 Å². The second kappa shape index (κ2) is 6.16. The van der Waals surface area contributed by atoms with Gasteiger partial charge in [0.05, 0.1) is 18.9 Å². The highest BCUT2D eigenvalue weighted by Gasteiger charge is 1.94. The van der Waals surface area contributed by atoms with E-state index in [1.165, 1.54) is 0 Å². The van der Waals surface area contributed by atoms with Crippen LogP contribution in [0.25, 0.3) is 0 Å². The maximum absolute atomic E-state index is 8.38. The number of hydrogen-bond donors (Lipinski definition) is 1. The van der Waals surface area contributed by atoms with Crippen molar-refractivity contribution in [3.05, 3.63) is 35.9 Å². The van der Waals surface area contributed by atoms with Gasteiger partial charge in [-0.15, -0.1) is 0 Å². The normalized spacial score (nSPS) is 11.6. The van der Waals surface area contributed by atoms with Gasteiger partial charge in [0, 0.05) is 6.42 Å². The van der Waals surface area contributed by atoms with Crippen molar-refractivity contribution in [3.63, 3.8) is 0 Å². The Morgan fingerprint density at radius 3 is 2.71 bits per heavy atom. The fourth-order valence-electron chi connectivity index (χ4n) is 1.03. The second-order valence-corrected chi connectivity index (χ2v) is 3.12. The highest BCUT2D eigenvalue weighted by atomic mass is 16.5. The molecule has 0 saturated carbocycles. The van der Waals surface area contributed by atoms with Crippen molar-refractivity contribution in [2.45, 2.75) is 20.0 Å². The lowest BCUT2D eigenvalue weighted by atomic mass is 10.2. The van der Waals surface area contributed by atoms with Gasteiger partial charge in [0.2, 0.25) is 0 Å². The molecule has 0 atom stereocenters. The summed E-state index contributed by atoms with van der Waals surface area (Å²) in [6.45, 7) is 2.97. The maximum Gasteiger partial charge on any atom is 0.0717 e. The molecule has 0 bridgehead atoms. The van der Waals surface area contributed by atoms with Gasteiger partial charge in [0.1, 0.15) is 0 Å². The molecular formula is C11H15NO2. The Bertz CT molecular complexity index is 283. The fraction of sp³-hybridized carbons (Fsp3) is 0.364. The van der Waals surface area contributed by atoms with Gasteiger partial charge in [-0.05, 0) is 12.5 Å². The summed E-state index contributed by atoms with van der Waals surface area (Å²) in [5.74, 6) is 0. The van der Waals surface area contributed by atoms with E-state index in [-0.39, 0.29) is 0 Å². The Labute approximate surface area is 84.0 Å². The Balaban J connectivity index is 2.17. The largest absolute Gasteiger partial charge is 0.411 e. The molecule has 0 aromatic heterocycles. The Morgan fingerprint density at radius 1 is 1.36 bits per heavy atom. The summed E-state index contributed by atoms with van der Waals surface area (Å²) in [5, 5.41) is 11.5.